The zero-order chi connectivity index (χ0) is 19.3. The number of nitrogens with one attached hydrogen (secondary N) is 2. The van der Waals surface area contributed by atoms with Gasteiger partial charge >= 0.3 is 0 Å². The van der Waals surface area contributed by atoms with Gasteiger partial charge in [0.05, 0.1) is 6.54 Å². The number of carbonyl (C=O) groups excluding carboxylic acids is 1. The maximum atomic E-state index is 11.0. The highest BCUT2D eigenvalue weighted by Gasteiger charge is 2.23. The molecule has 0 bridgehead atoms. The third-order valence-electron chi connectivity index (χ3n) is 4.80. The zero-order valence-corrected chi connectivity index (χ0v) is 15.3. The van der Waals surface area contributed by atoms with Crippen LogP contribution < -0.4 is 10.8 Å². The second kappa shape index (κ2) is 8.24. The van der Waals surface area contributed by atoms with Gasteiger partial charge in [0.15, 0.2) is 0 Å². The highest BCUT2D eigenvalue weighted by atomic mass is 16.5. The molecule has 0 aliphatic carbocycles. The summed E-state index contributed by atoms with van der Waals surface area (Å²) < 4.78 is 5.92. The van der Waals surface area contributed by atoms with Crippen LogP contribution in [0.25, 0.3) is 17.0 Å². The Morgan fingerprint density at radius 1 is 1.32 bits per heavy atom. The first-order chi connectivity index (χ1) is 13.7. The molecule has 0 spiro atoms. The quantitative estimate of drug-likeness (QED) is 0.347. The summed E-state index contributed by atoms with van der Waals surface area (Å²) in [6.45, 7) is 2.74. The monoisotopic (exact) mass is 378 g/mol. The van der Waals surface area contributed by atoms with Crippen LogP contribution in [0.1, 0.15) is 17.7 Å². The minimum atomic E-state index is -0.572. The smallest absolute Gasteiger partial charge is 0.267 e. The van der Waals surface area contributed by atoms with Crippen LogP contribution in [0.5, 0.6) is 0 Å². The van der Waals surface area contributed by atoms with E-state index in [2.05, 4.69) is 27.3 Å². The van der Waals surface area contributed by atoms with Gasteiger partial charge in [0.25, 0.3) is 5.91 Å². The number of aromatic nitrogens is 1. The number of para-hydroxylation sites is 1. The van der Waals surface area contributed by atoms with Gasteiger partial charge in [-0.1, -0.05) is 18.2 Å². The highest BCUT2D eigenvalue weighted by Crippen LogP contribution is 2.22. The largest absolute Gasteiger partial charge is 0.460 e. The molecule has 4 rings (SSSR count). The molecular formula is C21H22N4O3. The van der Waals surface area contributed by atoms with Crippen molar-refractivity contribution in [1.82, 2.24) is 15.4 Å². The SMILES string of the molecule is O=C(/C=C/c1ccc(N[C@@H]2CCN(Cc3cc4ccccc4o3)C2)nc1)NO. The first-order valence-corrected chi connectivity index (χ1v) is 9.24. The lowest BCUT2D eigenvalue weighted by Gasteiger charge is -2.16. The van der Waals surface area contributed by atoms with E-state index in [0.29, 0.717) is 6.04 Å². The summed E-state index contributed by atoms with van der Waals surface area (Å²) in [4.78, 5) is 17.8. The highest BCUT2D eigenvalue weighted by molar-refractivity contribution is 5.90. The third-order valence-corrected chi connectivity index (χ3v) is 4.80. The molecular weight excluding hydrogens is 356 g/mol. The lowest BCUT2D eigenvalue weighted by Crippen LogP contribution is -2.26. The van der Waals surface area contributed by atoms with Gasteiger partial charge in [-0.3, -0.25) is 14.9 Å². The van der Waals surface area contributed by atoms with Crippen LogP contribution in [-0.2, 0) is 11.3 Å². The van der Waals surface area contributed by atoms with Crippen LogP contribution in [0, 0.1) is 0 Å². The van der Waals surface area contributed by atoms with E-state index >= 15 is 0 Å². The number of fused-ring (bicyclic) bond motifs is 1. The fraction of sp³-hybridized carbons (Fsp3) is 0.238. The summed E-state index contributed by atoms with van der Waals surface area (Å²) in [6, 6.07) is 14.3. The molecule has 7 heteroatoms. The van der Waals surface area contributed by atoms with Crippen LogP contribution in [-0.4, -0.2) is 40.1 Å². The molecule has 3 heterocycles. The van der Waals surface area contributed by atoms with Crippen molar-refractivity contribution in [1.29, 1.82) is 0 Å². The predicted octanol–water partition coefficient (Wildman–Crippen LogP) is 3.03. The van der Waals surface area contributed by atoms with Crippen LogP contribution in [0.15, 0.2) is 59.2 Å². The number of pyridine rings is 1. The van der Waals surface area contributed by atoms with Gasteiger partial charge in [0.1, 0.15) is 17.2 Å². The summed E-state index contributed by atoms with van der Waals surface area (Å²) in [5, 5.41) is 13.1. The first-order valence-electron chi connectivity index (χ1n) is 9.24. The third kappa shape index (κ3) is 4.39. The average molecular weight is 378 g/mol. The number of nitrogens with zero attached hydrogens (tertiary/aromatic N) is 2. The van der Waals surface area contributed by atoms with Gasteiger partial charge in [0, 0.05) is 36.8 Å². The maximum Gasteiger partial charge on any atom is 0.267 e. The van der Waals surface area contributed by atoms with E-state index in [1.165, 1.54) is 6.08 Å². The Morgan fingerprint density at radius 2 is 2.21 bits per heavy atom. The summed E-state index contributed by atoms with van der Waals surface area (Å²) in [6.07, 6.45) is 5.56. The van der Waals surface area contributed by atoms with Crippen molar-refractivity contribution >= 4 is 28.8 Å². The van der Waals surface area contributed by atoms with E-state index < -0.39 is 5.91 Å². The number of amides is 1. The van der Waals surface area contributed by atoms with E-state index in [-0.39, 0.29) is 0 Å². The van der Waals surface area contributed by atoms with Crippen molar-refractivity contribution in [2.24, 2.45) is 0 Å². The number of likely N-dealkylation sites (tertiary alicyclic amines) is 1. The summed E-state index contributed by atoms with van der Waals surface area (Å²) in [5.74, 6) is 1.22. The van der Waals surface area contributed by atoms with E-state index in [1.807, 2.05) is 30.3 Å². The van der Waals surface area contributed by atoms with E-state index in [0.717, 1.165) is 54.2 Å². The van der Waals surface area contributed by atoms with Gasteiger partial charge in [-0.2, -0.15) is 0 Å². The fourth-order valence-corrected chi connectivity index (χ4v) is 3.44. The van der Waals surface area contributed by atoms with Gasteiger partial charge in [-0.05, 0) is 42.3 Å². The molecule has 144 valence electrons. The van der Waals surface area contributed by atoms with Crippen molar-refractivity contribution in [2.45, 2.75) is 19.0 Å². The van der Waals surface area contributed by atoms with Crippen LogP contribution in [0.3, 0.4) is 0 Å². The molecule has 0 saturated carbocycles. The Morgan fingerprint density at radius 3 is 3.00 bits per heavy atom. The number of hydroxylamine groups is 1. The van der Waals surface area contributed by atoms with Gasteiger partial charge in [0.2, 0.25) is 0 Å². The normalized spacial score (nSPS) is 17.4. The number of carbonyl (C=O) groups is 1. The fourth-order valence-electron chi connectivity index (χ4n) is 3.44. The van der Waals surface area contributed by atoms with Crippen molar-refractivity contribution in [3.8, 4) is 0 Å². The number of hydrogen-bond acceptors (Lipinski definition) is 6. The van der Waals surface area contributed by atoms with E-state index in [1.54, 1.807) is 17.8 Å². The van der Waals surface area contributed by atoms with E-state index in [4.69, 9.17) is 9.62 Å². The molecule has 1 saturated heterocycles. The molecule has 2 aromatic heterocycles. The van der Waals surface area contributed by atoms with Gasteiger partial charge < -0.3 is 9.73 Å². The molecule has 7 nitrogen and oxygen atoms in total. The summed E-state index contributed by atoms with van der Waals surface area (Å²) >= 11 is 0. The number of hydrogen-bond donors (Lipinski definition) is 3. The van der Waals surface area contributed by atoms with Gasteiger partial charge in [-0.15, -0.1) is 0 Å². The van der Waals surface area contributed by atoms with Crippen LogP contribution in [0.2, 0.25) is 0 Å². The van der Waals surface area contributed by atoms with Crippen molar-refractivity contribution in [3.63, 3.8) is 0 Å². The Kier molecular flexibility index (Phi) is 5.36. The van der Waals surface area contributed by atoms with Crippen LogP contribution >= 0.6 is 0 Å². The second-order valence-corrected chi connectivity index (χ2v) is 6.90. The number of anilines is 1. The minimum Gasteiger partial charge on any atom is -0.460 e. The molecule has 1 aliphatic heterocycles. The topological polar surface area (TPSA) is 90.6 Å². The Hall–Kier alpha value is -3.16. The lowest BCUT2D eigenvalue weighted by molar-refractivity contribution is -0.124. The summed E-state index contributed by atoms with van der Waals surface area (Å²) in [5.41, 5.74) is 3.27. The van der Waals surface area contributed by atoms with E-state index in [9.17, 15) is 4.79 Å². The molecule has 28 heavy (non-hydrogen) atoms. The molecule has 1 amide bonds. The van der Waals surface area contributed by atoms with Crippen molar-refractivity contribution in [3.05, 3.63) is 66.1 Å². The molecule has 1 aromatic carbocycles. The zero-order valence-electron chi connectivity index (χ0n) is 15.3. The molecule has 3 aromatic rings. The van der Waals surface area contributed by atoms with Crippen LogP contribution in [0.4, 0.5) is 5.82 Å². The first kappa shape index (κ1) is 18.2. The number of benzene rings is 1. The van der Waals surface area contributed by atoms with Gasteiger partial charge in [-0.25, -0.2) is 10.5 Å². The molecule has 0 unspecified atom stereocenters. The minimum absolute atomic E-state index is 0.332. The predicted molar refractivity (Wildman–Crippen MR) is 107 cm³/mol. The Bertz CT molecular complexity index is 948. The molecule has 1 aliphatic rings. The number of rotatable bonds is 6. The standard InChI is InChI=1S/C21H22N4O3/c26-21(24-27)8-6-15-5-7-20(22-12-15)23-17-9-10-25(13-17)14-18-11-16-3-1-2-4-19(16)28-18/h1-8,11-12,17,27H,9-10,13-14H2,(H,22,23)(H,24,26)/b8-6+/t17-/m1/s1. The maximum absolute atomic E-state index is 11.0. The second-order valence-electron chi connectivity index (χ2n) is 6.90. The Labute approximate surface area is 162 Å². The van der Waals surface area contributed by atoms with Crippen molar-refractivity contribution < 1.29 is 14.4 Å². The lowest BCUT2D eigenvalue weighted by atomic mass is 10.2. The average Bonchev–Trinajstić information content (AvgIpc) is 3.33. The number of furan rings is 1. The van der Waals surface area contributed by atoms with Crippen molar-refractivity contribution in [2.75, 3.05) is 18.4 Å². The molecule has 1 fully saturated rings. The summed E-state index contributed by atoms with van der Waals surface area (Å²) in [7, 11) is 0. The molecule has 1 atom stereocenters. The molecule has 3 N–H and O–H groups in total. The molecule has 0 radical (unpaired) electrons. The Balaban J connectivity index is 1.30.